The number of rotatable bonds is 62. The van der Waals surface area contributed by atoms with Crippen LogP contribution in [0.3, 0.4) is 0 Å². The van der Waals surface area contributed by atoms with Crippen molar-refractivity contribution in [1.29, 1.82) is 0 Å². The van der Waals surface area contributed by atoms with E-state index in [2.05, 4.69) is 148 Å². The van der Waals surface area contributed by atoms with Crippen LogP contribution in [-0.4, -0.2) is 82.3 Å². The molecule has 0 aromatic carbocycles. The summed E-state index contributed by atoms with van der Waals surface area (Å²) in [6.07, 6.45) is 90.9. The molecule has 85 heavy (non-hydrogen) atoms. The number of carbonyl (C=O) groups is 3. The number of carboxylic acid groups (broad SMARTS) is 1. The Morgan fingerprint density at radius 2 is 0.671 bits per heavy atom. The maximum atomic E-state index is 12.9. The maximum Gasteiger partial charge on any atom is 0.306 e. The number of allylic oxidation sites excluding steroid dienone is 22. The van der Waals surface area contributed by atoms with Crippen LogP contribution in [0.5, 0.6) is 0 Å². The van der Waals surface area contributed by atoms with Gasteiger partial charge in [0, 0.05) is 12.8 Å². The zero-order chi connectivity index (χ0) is 61.9. The lowest BCUT2D eigenvalue weighted by atomic mass is 10.0. The molecule has 2 atom stereocenters. The number of likely N-dealkylation sites (N-methyl/N-ethyl adjacent to an activating group) is 1. The highest BCUT2D eigenvalue weighted by molar-refractivity contribution is 5.70. The lowest BCUT2D eigenvalue weighted by Gasteiger charge is -2.26. The van der Waals surface area contributed by atoms with Gasteiger partial charge in [-0.1, -0.05) is 276 Å². The van der Waals surface area contributed by atoms with Crippen LogP contribution in [0, 0.1) is 0 Å². The number of hydrogen-bond acceptors (Lipinski definition) is 8. The molecule has 0 fully saturated rings. The van der Waals surface area contributed by atoms with E-state index in [0.29, 0.717) is 17.4 Å². The predicted molar refractivity (Wildman–Crippen MR) is 361 cm³/mol. The molecule has 0 radical (unpaired) electrons. The first-order chi connectivity index (χ1) is 41.6. The van der Waals surface area contributed by atoms with Crippen LogP contribution < -0.4 is 5.11 Å². The van der Waals surface area contributed by atoms with Crippen LogP contribution in [0.4, 0.5) is 0 Å². The fraction of sp³-hybridized carbons (Fsp3) is 0.671. The molecule has 0 bridgehead atoms. The zero-order valence-electron chi connectivity index (χ0n) is 55.2. The standard InChI is InChI=1S/C76H127NO8/c1-6-8-10-12-14-16-18-20-22-24-26-28-30-32-33-34-35-36-37-38-39-40-41-43-45-47-49-51-53-55-57-59-61-63-65-67-74(79)85-72(71-84-76(75(80)81)82-69-68-77(3,4)5)70-83-73(78)66-64-62-60-58-56-54-52-50-48-46-44-42-31-29-27-25-23-21-19-17-15-13-11-9-7-2/h8,10,14,16,19-22,25-28,32-33,35-36,38-39,41,43,47,49,72,76H,6-7,9,11-13,15,17-18,23-24,29-31,34,37,40,42,44-46,48,50-71H2,1-5H3/b10-8-,16-14-,21-19-,22-20-,27-25-,28-26-,33-32-,36-35-,39-38-,43-41-,49-47-. The second kappa shape index (κ2) is 65.4. The fourth-order valence-corrected chi connectivity index (χ4v) is 9.15. The summed E-state index contributed by atoms with van der Waals surface area (Å²) in [7, 11) is 5.92. The largest absolute Gasteiger partial charge is 0.545 e. The molecule has 0 aromatic heterocycles. The van der Waals surface area contributed by atoms with E-state index in [0.717, 1.165) is 109 Å². The van der Waals surface area contributed by atoms with E-state index >= 15 is 0 Å². The Morgan fingerprint density at radius 1 is 0.365 bits per heavy atom. The van der Waals surface area contributed by atoms with Crippen LogP contribution in [0.1, 0.15) is 271 Å². The van der Waals surface area contributed by atoms with Gasteiger partial charge < -0.3 is 33.3 Å². The molecule has 9 heteroatoms. The molecule has 0 amide bonds. The quantitative estimate of drug-likeness (QED) is 0.0195. The topological polar surface area (TPSA) is 111 Å². The fourth-order valence-electron chi connectivity index (χ4n) is 9.15. The molecule has 0 heterocycles. The minimum Gasteiger partial charge on any atom is -0.545 e. The van der Waals surface area contributed by atoms with Crippen LogP contribution in [0.2, 0.25) is 0 Å². The average Bonchev–Trinajstić information content (AvgIpc) is 3.48. The summed E-state index contributed by atoms with van der Waals surface area (Å²) in [5.74, 6) is -2.30. The van der Waals surface area contributed by atoms with Crippen LogP contribution in [0.15, 0.2) is 134 Å². The van der Waals surface area contributed by atoms with Crippen molar-refractivity contribution < 1.29 is 42.9 Å². The Bertz CT molecular complexity index is 1860. The molecule has 0 aliphatic rings. The van der Waals surface area contributed by atoms with Gasteiger partial charge >= 0.3 is 11.9 Å². The Labute approximate surface area is 522 Å². The molecule has 0 aliphatic carbocycles. The predicted octanol–water partition coefficient (Wildman–Crippen LogP) is 20.0. The van der Waals surface area contributed by atoms with E-state index in [1.165, 1.54) is 128 Å². The number of carbonyl (C=O) groups excluding carboxylic acids is 3. The first-order valence-corrected chi connectivity index (χ1v) is 34.3. The minimum atomic E-state index is -1.63. The Balaban J connectivity index is 4.21. The Hall–Kier alpha value is -4.57. The Morgan fingerprint density at radius 3 is 1.00 bits per heavy atom. The second-order valence-corrected chi connectivity index (χ2v) is 23.7. The normalized spacial score (nSPS) is 13.6. The Kier molecular flexibility index (Phi) is 61.9. The van der Waals surface area contributed by atoms with Crippen molar-refractivity contribution in [2.24, 2.45) is 0 Å². The van der Waals surface area contributed by atoms with Crippen LogP contribution in [0.25, 0.3) is 0 Å². The molecule has 0 saturated carbocycles. The number of nitrogens with zero attached hydrogens (tertiary/aromatic N) is 1. The number of quaternary nitrogens is 1. The molecule has 0 spiro atoms. The number of esters is 2. The number of unbranched alkanes of at least 4 members (excludes halogenated alkanes) is 25. The second-order valence-electron chi connectivity index (χ2n) is 23.7. The van der Waals surface area contributed by atoms with Crippen molar-refractivity contribution in [3.05, 3.63) is 134 Å². The summed E-state index contributed by atoms with van der Waals surface area (Å²) in [6, 6.07) is 0. The van der Waals surface area contributed by atoms with Gasteiger partial charge in [0.25, 0.3) is 0 Å². The number of ether oxygens (including phenoxy) is 4. The van der Waals surface area contributed by atoms with Crippen LogP contribution >= 0.6 is 0 Å². The molecule has 0 N–H and O–H groups in total. The van der Waals surface area contributed by atoms with E-state index in [1.807, 2.05) is 21.1 Å². The van der Waals surface area contributed by atoms with Crippen molar-refractivity contribution in [3.63, 3.8) is 0 Å². The van der Waals surface area contributed by atoms with Gasteiger partial charge in [-0.25, -0.2) is 0 Å². The molecule has 0 aliphatic heterocycles. The maximum absolute atomic E-state index is 12.9. The lowest BCUT2D eigenvalue weighted by Crippen LogP contribution is -2.44. The average molecular weight is 1180 g/mol. The highest BCUT2D eigenvalue weighted by Crippen LogP contribution is 2.16. The van der Waals surface area contributed by atoms with E-state index in [4.69, 9.17) is 18.9 Å². The van der Waals surface area contributed by atoms with Gasteiger partial charge in [0.15, 0.2) is 12.4 Å². The smallest absolute Gasteiger partial charge is 0.306 e. The summed E-state index contributed by atoms with van der Waals surface area (Å²) in [6.45, 7) is 4.61. The van der Waals surface area contributed by atoms with Gasteiger partial charge in [0.1, 0.15) is 13.2 Å². The molecule has 484 valence electrons. The van der Waals surface area contributed by atoms with Gasteiger partial charge in [0.05, 0.1) is 40.3 Å². The third-order valence-corrected chi connectivity index (χ3v) is 14.4. The summed E-state index contributed by atoms with van der Waals surface area (Å²) in [5.41, 5.74) is 0. The van der Waals surface area contributed by atoms with E-state index < -0.39 is 24.3 Å². The van der Waals surface area contributed by atoms with Crippen LogP contribution in [-0.2, 0) is 33.3 Å². The van der Waals surface area contributed by atoms with E-state index in [-0.39, 0.29) is 38.6 Å². The third-order valence-electron chi connectivity index (χ3n) is 14.4. The number of carboxylic acids is 1. The van der Waals surface area contributed by atoms with Crippen molar-refractivity contribution >= 4 is 17.9 Å². The molecule has 0 rings (SSSR count). The van der Waals surface area contributed by atoms with Crippen molar-refractivity contribution in [2.75, 3.05) is 47.5 Å². The number of aliphatic carboxylic acids is 1. The monoisotopic (exact) mass is 1180 g/mol. The zero-order valence-corrected chi connectivity index (χ0v) is 55.2. The van der Waals surface area contributed by atoms with Gasteiger partial charge in [-0.05, 0) is 116 Å². The molecular formula is C76H127NO8. The number of hydrogen-bond donors (Lipinski definition) is 0. The van der Waals surface area contributed by atoms with Gasteiger partial charge in [-0.3, -0.25) is 9.59 Å². The molecule has 0 saturated heterocycles. The SMILES string of the molecule is CC/C=C\C/C=C\C/C=C\C/C=C\C/C=C\C/C=C\C/C=C\C/C=C\C/C=C\CCCCCCCCCC(=O)OC(COC(=O)CCCCCCCCCCCCCCC/C=C\C/C=C\CCCCCCC)COC(OCC[N+](C)(C)C)C(=O)[O-]. The molecule has 2 unspecified atom stereocenters. The first kappa shape index (κ1) is 80.4. The van der Waals surface area contributed by atoms with E-state index in [1.54, 1.807) is 0 Å². The van der Waals surface area contributed by atoms with Gasteiger partial charge in [-0.15, -0.1) is 0 Å². The highest BCUT2D eigenvalue weighted by Gasteiger charge is 2.22. The third kappa shape index (κ3) is 66.8. The van der Waals surface area contributed by atoms with Gasteiger partial charge in [-0.2, -0.15) is 0 Å². The molecular weight excluding hydrogens is 1050 g/mol. The van der Waals surface area contributed by atoms with Crippen molar-refractivity contribution in [1.82, 2.24) is 0 Å². The van der Waals surface area contributed by atoms with Crippen molar-refractivity contribution in [2.45, 2.75) is 283 Å². The molecule has 9 nitrogen and oxygen atoms in total. The minimum absolute atomic E-state index is 0.139. The first-order valence-electron chi connectivity index (χ1n) is 34.3. The lowest BCUT2D eigenvalue weighted by molar-refractivity contribution is -0.870. The summed E-state index contributed by atoms with van der Waals surface area (Å²) >= 11 is 0. The van der Waals surface area contributed by atoms with Crippen molar-refractivity contribution in [3.8, 4) is 0 Å². The highest BCUT2D eigenvalue weighted by atomic mass is 16.7. The summed E-state index contributed by atoms with van der Waals surface area (Å²) in [4.78, 5) is 37.5. The van der Waals surface area contributed by atoms with Gasteiger partial charge in [0.2, 0.25) is 0 Å². The molecule has 0 aromatic rings. The summed E-state index contributed by atoms with van der Waals surface area (Å²) < 4.78 is 22.8. The summed E-state index contributed by atoms with van der Waals surface area (Å²) in [5, 5.41) is 11.8. The van der Waals surface area contributed by atoms with E-state index in [9.17, 15) is 19.5 Å².